The largest absolute Gasteiger partial charge is 0.387 e. The van der Waals surface area contributed by atoms with E-state index in [0.717, 1.165) is 21.3 Å². The maximum Gasteiger partial charge on any atom is 0.255 e. The highest BCUT2D eigenvalue weighted by atomic mass is 79.9. The van der Waals surface area contributed by atoms with Crippen molar-refractivity contribution in [2.75, 3.05) is 19.4 Å². The van der Waals surface area contributed by atoms with Gasteiger partial charge < -0.3 is 10.2 Å². The van der Waals surface area contributed by atoms with Gasteiger partial charge >= 0.3 is 0 Å². The molecule has 0 fully saturated rings. The van der Waals surface area contributed by atoms with Gasteiger partial charge in [0.2, 0.25) is 0 Å². The first-order chi connectivity index (χ1) is 10.0. The summed E-state index contributed by atoms with van der Waals surface area (Å²) < 4.78 is 1.04. The third kappa shape index (κ3) is 3.85. The summed E-state index contributed by atoms with van der Waals surface area (Å²) in [5, 5.41) is 3.09. The van der Waals surface area contributed by atoms with Crippen LogP contribution in [-0.4, -0.2) is 24.9 Å². The first-order valence-electron chi connectivity index (χ1n) is 6.79. The van der Waals surface area contributed by atoms with E-state index >= 15 is 0 Å². The lowest BCUT2D eigenvalue weighted by molar-refractivity contribution is 0.0786. The van der Waals surface area contributed by atoms with Gasteiger partial charge in [-0.3, -0.25) is 4.79 Å². The Morgan fingerprint density at radius 3 is 2.48 bits per heavy atom. The van der Waals surface area contributed by atoms with Crippen LogP contribution in [0.5, 0.6) is 0 Å². The second-order valence-electron chi connectivity index (χ2n) is 5.09. The van der Waals surface area contributed by atoms with E-state index in [-0.39, 0.29) is 5.91 Å². The second kappa shape index (κ2) is 6.76. The van der Waals surface area contributed by atoms with E-state index in [4.69, 9.17) is 0 Å². The Morgan fingerprint density at radius 1 is 1.19 bits per heavy atom. The molecule has 3 nitrogen and oxygen atoms in total. The molecule has 0 aliphatic rings. The van der Waals surface area contributed by atoms with E-state index in [1.807, 2.05) is 63.5 Å². The van der Waals surface area contributed by atoms with Gasteiger partial charge in [-0.05, 0) is 42.3 Å². The Morgan fingerprint density at radius 2 is 1.86 bits per heavy atom. The monoisotopic (exact) mass is 346 g/mol. The van der Waals surface area contributed by atoms with Gasteiger partial charge in [0.15, 0.2) is 0 Å². The average molecular weight is 347 g/mol. The lowest BCUT2D eigenvalue weighted by Crippen LogP contribution is -2.26. The number of amides is 1. The second-order valence-corrected chi connectivity index (χ2v) is 6.00. The van der Waals surface area contributed by atoms with Gasteiger partial charge in [-0.25, -0.2) is 0 Å². The number of hydrogen-bond donors (Lipinski definition) is 1. The molecule has 110 valence electrons. The number of rotatable bonds is 4. The lowest BCUT2D eigenvalue weighted by Gasteiger charge is -2.19. The van der Waals surface area contributed by atoms with Gasteiger partial charge in [-0.1, -0.05) is 34.1 Å². The summed E-state index contributed by atoms with van der Waals surface area (Å²) in [5.41, 5.74) is 3.80. The molecule has 0 heterocycles. The van der Waals surface area contributed by atoms with Crippen molar-refractivity contribution in [1.82, 2.24) is 4.90 Å². The summed E-state index contributed by atoms with van der Waals surface area (Å²) in [7, 11) is 3.66. The Bertz CT molecular complexity index is 638. The van der Waals surface area contributed by atoms with Crippen LogP contribution in [-0.2, 0) is 6.54 Å². The molecule has 0 unspecified atom stereocenters. The SMILES string of the molecule is CNc1cc(C)ccc1C(=O)N(C)Cc1ccc(Br)cc1. The molecule has 2 aromatic rings. The normalized spacial score (nSPS) is 10.3. The van der Waals surface area contributed by atoms with Crippen LogP contribution < -0.4 is 5.32 Å². The van der Waals surface area contributed by atoms with Crippen molar-refractivity contribution >= 4 is 27.5 Å². The van der Waals surface area contributed by atoms with E-state index in [9.17, 15) is 4.79 Å². The van der Waals surface area contributed by atoms with Crippen LogP contribution in [0.1, 0.15) is 21.5 Å². The summed E-state index contributed by atoms with van der Waals surface area (Å²) in [6, 6.07) is 13.8. The van der Waals surface area contributed by atoms with Crippen molar-refractivity contribution in [3.05, 3.63) is 63.6 Å². The van der Waals surface area contributed by atoms with Crippen LogP contribution in [0, 0.1) is 6.92 Å². The number of aryl methyl sites for hydroxylation is 1. The topological polar surface area (TPSA) is 32.3 Å². The van der Waals surface area contributed by atoms with Gasteiger partial charge in [-0.15, -0.1) is 0 Å². The highest BCUT2D eigenvalue weighted by molar-refractivity contribution is 9.10. The lowest BCUT2D eigenvalue weighted by atomic mass is 10.1. The van der Waals surface area contributed by atoms with Crippen LogP contribution in [0.15, 0.2) is 46.9 Å². The standard InChI is InChI=1S/C17H19BrN2O/c1-12-4-9-15(16(10-12)19-2)17(21)20(3)11-13-5-7-14(18)8-6-13/h4-10,19H,11H2,1-3H3. The highest BCUT2D eigenvalue weighted by Crippen LogP contribution is 2.20. The van der Waals surface area contributed by atoms with Crippen LogP contribution in [0.4, 0.5) is 5.69 Å². The fourth-order valence-electron chi connectivity index (χ4n) is 2.19. The maximum absolute atomic E-state index is 12.6. The summed E-state index contributed by atoms with van der Waals surface area (Å²) in [6.45, 7) is 2.60. The number of benzene rings is 2. The molecule has 1 N–H and O–H groups in total. The molecule has 0 saturated carbocycles. The molecule has 0 bridgehead atoms. The minimum absolute atomic E-state index is 0.0160. The predicted octanol–water partition coefficient (Wildman–Crippen LogP) is 4.07. The first-order valence-corrected chi connectivity index (χ1v) is 7.59. The molecule has 0 aliphatic carbocycles. The van der Waals surface area contributed by atoms with Crippen LogP contribution in [0.2, 0.25) is 0 Å². The Hall–Kier alpha value is -1.81. The third-order valence-electron chi connectivity index (χ3n) is 3.35. The number of anilines is 1. The number of carbonyl (C=O) groups excluding carboxylic acids is 1. The molecular formula is C17H19BrN2O. The third-order valence-corrected chi connectivity index (χ3v) is 3.88. The van der Waals surface area contributed by atoms with E-state index < -0.39 is 0 Å². The Balaban J connectivity index is 2.17. The molecule has 2 rings (SSSR count). The van der Waals surface area contributed by atoms with Gasteiger partial charge in [-0.2, -0.15) is 0 Å². The van der Waals surface area contributed by atoms with Crippen molar-refractivity contribution in [2.45, 2.75) is 13.5 Å². The fourth-order valence-corrected chi connectivity index (χ4v) is 2.46. The van der Waals surface area contributed by atoms with Crippen molar-refractivity contribution in [2.24, 2.45) is 0 Å². The minimum Gasteiger partial charge on any atom is -0.387 e. The van der Waals surface area contributed by atoms with Gasteiger partial charge in [0.05, 0.1) is 5.56 Å². The minimum atomic E-state index is 0.0160. The zero-order chi connectivity index (χ0) is 15.4. The molecule has 0 spiro atoms. The number of halogens is 1. The van der Waals surface area contributed by atoms with E-state index in [1.165, 1.54) is 0 Å². The molecule has 0 radical (unpaired) electrons. The van der Waals surface area contributed by atoms with Crippen molar-refractivity contribution < 1.29 is 4.79 Å². The van der Waals surface area contributed by atoms with Crippen LogP contribution in [0.3, 0.4) is 0 Å². The van der Waals surface area contributed by atoms with E-state index in [0.29, 0.717) is 12.1 Å². The van der Waals surface area contributed by atoms with Crippen LogP contribution >= 0.6 is 15.9 Å². The molecular weight excluding hydrogens is 328 g/mol. The predicted molar refractivity (Wildman–Crippen MR) is 90.7 cm³/mol. The Labute approximate surface area is 134 Å². The summed E-state index contributed by atoms with van der Waals surface area (Å²) in [5.74, 6) is 0.0160. The summed E-state index contributed by atoms with van der Waals surface area (Å²) in [6.07, 6.45) is 0. The van der Waals surface area contributed by atoms with E-state index in [2.05, 4.69) is 21.2 Å². The smallest absolute Gasteiger partial charge is 0.255 e. The number of nitrogens with one attached hydrogen (secondary N) is 1. The molecule has 0 aliphatic heterocycles. The summed E-state index contributed by atoms with van der Waals surface area (Å²) >= 11 is 3.41. The van der Waals surface area contributed by atoms with Gasteiger partial charge in [0.1, 0.15) is 0 Å². The van der Waals surface area contributed by atoms with Crippen molar-refractivity contribution in [3.8, 4) is 0 Å². The molecule has 2 aromatic carbocycles. The fraction of sp³-hybridized carbons (Fsp3) is 0.235. The molecule has 21 heavy (non-hydrogen) atoms. The van der Waals surface area contributed by atoms with Crippen molar-refractivity contribution in [3.63, 3.8) is 0 Å². The molecule has 0 atom stereocenters. The zero-order valence-corrected chi connectivity index (χ0v) is 14.1. The molecule has 1 amide bonds. The zero-order valence-electron chi connectivity index (χ0n) is 12.5. The van der Waals surface area contributed by atoms with Gasteiger partial charge in [0, 0.05) is 30.8 Å². The van der Waals surface area contributed by atoms with Gasteiger partial charge in [0.25, 0.3) is 5.91 Å². The molecule has 4 heteroatoms. The Kier molecular flexibility index (Phi) is 5.02. The number of carbonyl (C=O) groups is 1. The molecule has 0 saturated heterocycles. The first kappa shape index (κ1) is 15.6. The van der Waals surface area contributed by atoms with Crippen molar-refractivity contribution in [1.29, 1.82) is 0 Å². The highest BCUT2D eigenvalue weighted by Gasteiger charge is 2.15. The summed E-state index contributed by atoms with van der Waals surface area (Å²) in [4.78, 5) is 14.3. The average Bonchev–Trinajstić information content (AvgIpc) is 2.48. The van der Waals surface area contributed by atoms with Crippen LogP contribution in [0.25, 0.3) is 0 Å². The quantitative estimate of drug-likeness (QED) is 0.904. The number of hydrogen-bond acceptors (Lipinski definition) is 2. The number of nitrogens with zero attached hydrogens (tertiary/aromatic N) is 1. The maximum atomic E-state index is 12.6. The molecule has 0 aromatic heterocycles. The van der Waals surface area contributed by atoms with E-state index in [1.54, 1.807) is 4.90 Å².